The molecule has 0 radical (unpaired) electrons. The summed E-state index contributed by atoms with van der Waals surface area (Å²) in [6.45, 7) is 1.72. The van der Waals surface area contributed by atoms with Crippen molar-refractivity contribution in [2.24, 2.45) is 0 Å². The van der Waals surface area contributed by atoms with E-state index in [0.29, 0.717) is 21.9 Å². The number of anilines is 2. The Labute approximate surface area is 116 Å². The van der Waals surface area contributed by atoms with Crippen molar-refractivity contribution < 1.29 is 18.3 Å². The van der Waals surface area contributed by atoms with Gasteiger partial charge in [0.2, 0.25) is 0 Å². The third-order valence-corrected chi connectivity index (χ3v) is 3.49. The number of nitrogens with one attached hydrogen (secondary N) is 1. The van der Waals surface area contributed by atoms with Gasteiger partial charge < -0.3 is 14.8 Å². The molecule has 0 amide bonds. The molecule has 8 heteroatoms. The van der Waals surface area contributed by atoms with Crippen LogP contribution in [0.3, 0.4) is 0 Å². The number of hydrogen-bond acceptors (Lipinski definition) is 6. The smallest absolute Gasteiger partial charge is 0.395 e. The molecule has 0 atom stereocenters. The second-order valence-electron chi connectivity index (χ2n) is 4.04. The fourth-order valence-corrected chi connectivity index (χ4v) is 2.51. The summed E-state index contributed by atoms with van der Waals surface area (Å²) in [4.78, 5) is 0. The van der Waals surface area contributed by atoms with Gasteiger partial charge in [-0.05, 0) is 30.6 Å². The molecule has 1 aromatic heterocycles. The molecule has 0 spiro atoms. The van der Waals surface area contributed by atoms with Crippen LogP contribution in [-0.4, -0.2) is 10.7 Å². The molecular formula is C12H7F2N3O2S. The number of nitrogens with zero attached hydrogens (tertiary/aromatic N) is 2. The molecule has 1 aliphatic rings. The van der Waals surface area contributed by atoms with Gasteiger partial charge in [-0.2, -0.15) is 9.64 Å². The van der Waals surface area contributed by atoms with Gasteiger partial charge in [0.15, 0.2) is 11.5 Å². The largest absolute Gasteiger partial charge is 0.586 e. The first-order valence-electron chi connectivity index (χ1n) is 5.52. The van der Waals surface area contributed by atoms with Crippen LogP contribution < -0.4 is 14.8 Å². The number of aromatic nitrogens is 1. The molecule has 1 N–H and O–H groups in total. The maximum absolute atomic E-state index is 12.9. The SMILES string of the molecule is Cc1nsc(Nc2ccc3c(c2)OC(F)(F)O3)c1C#N. The van der Waals surface area contributed by atoms with Crippen molar-refractivity contribution in [2.75, 3.05) is 5.32 Å². The minimum Gasteiger partial charge on any atom is -0.395 e. The second kappa shape index (κ2) is 4.31. The normalized spacial score (nSPS) is 14.9. The number of rotatable bonds is 2. The molecule has 1 aliphatic heterocycles. The van der Waals surface area contributed by atoms with E-state index in [-0.39, 0.29) is 11.5 Å². The highest BCUT2D eigenvalue weighted by Gasteiger charge is 2.43. The number of hydrogen-bond donors (Lipinski definition) is 1. The maximum Gasteiger partial charge on any atom is 0.586 e. The van der Waals surface area contributed by atoms with Gasteiger partial charge in [-0.3, -0.25) is 0 Å². The lowest BCUT2D eigenvalue weighted by Crippen LogP contribution is -2.25. The van der Waals surface area contributed by atoms with E-state index >= 15 is 0 Å². The fraction of sp³-hybridized carbons (Fsp3) is 0.167. The standard InChI is InChI=1S/C12H7F2N3O2S/c1-6-8(5-15)11(20-17-6)16-7-2-3-9-10(4-7)19-12(13,14)18-9/h2-4,16H,1H3. The second-order valence-corrected chi connectivity index (χ2v) is 4.81. The van der Waals surface area contributed by atoms with Crippen molar-refractivity contribution in [2.45, 2.75) is 13.2 Å². The van der Waals surface area contributed by atoms with Gasteiger partial charge in [0.1, 0.15) is 16.6 Å². The Balaban J connectivity index is 1.89. The quantitative estimate of drug-likeness (QED) is 0.919. The van der Waals surface area contributed by atoms with Gasteiger partial charge in [0.05, 0.1) is 5.69 Å². The molecule has 0 saturated heterocycles. The van der Waals surface area contributed by atoms with Gasteiger partial charge in [0.25, 0.3) is 0 Å². The van der Waals surface area contributed by atoms with E-state index in [1.54, 1.807) is 13.0 Å². The Bertz CT molecular complexity index is 724. The molecule has 102 valence electrons. The number of alkyl halides is 2. The van der Waals surface area contributed by atoms with Crippen LogP contribution in [0.15, 0.2) is 18.2 Å². The first kappa shape index (κ1) is 12.6. The Kier molecular flexibility index (Phi) is 2.72. The van der Waals surface area contributed by atoms with E-state index in [0.717, 1.165) is 11.5 Å². The van der Waals surface area contributed by atoms with Gasteiger partial charge in [-0.15, -0.1) is 8.78 Å². The highest BCUT2D eigenvalue weighted by molar-refractivity contribution is 7.10. The van der Waals surface area contributed by atoms with Crippen molar-refractivity contribution in [3.05, 3.63) is 29.5 Å². The number of nitriles is 1. The molecule has 2 aromatic rings. The first-order valence-corrected chi connectivity index (χ1v) is 6.29. The van der Waals surface area contributed by atoms with E-state index in [4.69, 9.17) is 5.26 Å². The molecule has 0 unspecified atom stereocenters. The minimum atomic E-state index is -3.64. The number of halogens is 2. The van der Waals surface area contributed by atoms with Gasteiger partial charge >= 0.3 is 6.29 Å². The lowest BCUT2D eigenvalue weighted by atomic mass is 10.2. The highest BCUT2D eigenvalue weighted by atomic mass is 32.1. The zero-order chi connectivity index (χ0) is 14.3. The number of ether oxygens (including phenoxy) is 2. The Morgan fingerprint density at radius 2 is 2.10 bits per heavy atom. The summed E-state index contributed by atoms with van der Waals surface area (Å²) in [6.07, 6.45) is -3.64. The molecule has 20 heavy (non-hydrogen) atoms. The molecule has 2 heterocycles. The van der Waals surface area contributed by atoms with Crippen LogP contribution in [0.25, 0.3) is 0 Å². The predicted octanol–water partition coefficient (Wildman–Crippen LogP) is 3.39. The molecule has 1 aromatic carbocycles. The Hall–Kier alpha value is -2.40. The van der Waals surface area contributed by atoms with Crippen molar-refractivity contribution in [1.29, 1.82) is 5.26 Å². The van der Waals surface area contributed by atoms with Crippen molar-refractivity contribution in [1.82, 2.24) is 4.37 Å². The topological polar surface area (TPSA) is 67.2 Å². The predicted molar refractivity (Wildman–Crippen MR) is 67.5 cm³/mol. The van der Waals surface area contributed by atoms with E-state index in [9.17, 15) is 8.78 Å². The van der Waals surface area contributed by atoms with Crippen molar-refractivity contribution in [3.63, 3.8) is 0 Å². The highest BCUT2D eigenvalue weighted by Crippen LogP contribution is 2.42. The molecule has 5 nitrogen and oxygen atoms in total. The molecule has 0 bridgehead atoms. The summed E-state index contributed by atoms with van der Waals surface area (Å²) in [5.41, 5.74) is 1.55. The summed E-state index contributed by atoms with van der Waals surface area (Å²) >= 11 is 1.12. The summed E-state index contributed by atoms with van der Waals surface area (Å²) in [6, 6.07) is 6.35. The number of aryl methyl sites for hydroxylation is 1. The van der Waals surface area contributed by atoms with Crippen LogP contribution in [0.5, 0.6) is 11.5 Å². The fourth-order valence-electron chi connectivity index (χ4n) is 1.74. The average molecular weight is 295 g/mol. The van der Waals surface area contributed by atoms with E-state index in [2.05, 4.69) is 19.2 Å². The molecule has 0 fully saturated rings. The minimum absolute atomic E-state index is 0.0264. The zero-order valence-electron chi connectivity index (χ0n) is 10.1. The average Bonchev–Trinajstić information content (AvgIpc) is 2.87. The maximum atomic E-state index is 12.9. The van der Waals surface area contributed by atoms with Crippen LogP contribution in [0.1, 0.15) is 11.3 Å². The molecule has 0 aliphatic carbocycles. The lowest BCUT2D eigenvalue weighted by molar-refractivity contribution is -0.286. The van der Waals surface area contributed by atoms with E-state index < -0.39 is 6.29 Å². The zero-order valence-corrected chi connectivity index (χ0v) is 10.9. The number of benzene rings is 1. The van der Waals surface area contributed by atoms with Crippen molar-refractivity contribution >= 4 is 22.2 Å². The van der Waals surface area contributed by atoms with Gasteiger partial charge in [-0.1, -0.05) is 0 Å². The molecule has 3 rings (SSSR count). The van der Waals surface area contributed by atoms with Crippen LogP contribution >= 0.6 is 11.5 Å². The Morgan fingerprint density at radius 3 is 2.85 bits per heavy atom. The van der Waals surface area contributed by atoms with Crippen LogP contribution in [-0.2, 0) is 0 Å². The van der Waals surface area contributed by atoms with Crippen LogP contribution in [0.2, 0.25) is 0 Å². The van der Waals surface area contributed by atoms with E-state index in [1.165, 1.54) is 12.1 Å². The molecular weight excluding hydrogens is 288 g/mol. The van der Waals surface area contributed by atoms with Crippen molar-refractivity contribution in [3.8, 4) is 17.6 Å². The van der Waals surface area contributed by atoms with Crippen LogP contribution in [0, 0.1) is 18.3 Å². The van der Waals surface area contributed by atoms with E-state index in [1.807, 2.05) is 6.07 Å². The summed E-state index contributed by atoms with van der Waals surface area (Å²) < 4.78 is 38.5. The first-order chi connectivity index (χ1) is 9.48. The van der Waals surface area contributed by atoms with Gasteiger partial charge in [-0.25, -0.2) is 0 Å². The van der Waals surface area contributed by atoms with Gasteiger partial charge in [0, 0.05) is 11.8 Å². The van der Waals surface area contributed by atoms with Crippen LogP contribution in [0.4, 0.5) is 19.5 Å². The monoisotopic (exact) mass is 295 g/mol. The third-order valence-electron chi connectivity index (χ3n) is 2.63. The summed E-state index contributed by atoms with van der Waals surface area (Å²) in [5, 5.41) is 12.5. The Morgan fingerprint density at radius 1 is 1.35 bits per heavy atom. The third kappa shape index (κ3) is 2.12. The summed E-state index contributed by atoms with van der Waals surface area (Å²) in [5.74, 6) is -0.0821. The molecule has 0 saturated carbocycles. The number of fused-ring (bicyclic) bond motifs is 1. The summed E-state index contributed by atoms with van der Waals surface area (Å²) in [7, 11) is 0. The lowest BCUT2D eigenvalue weighted by Gasteiger charge is -2.05.